The van der Waals surface area contributed by atoms with Crippen LogP contribution in [0, 0.1) is 0 Å². The lowest BCUT2D eigenvalue weighted by Gasteiger charge is -2.13. The summed E-state index contributed by atoms with van der Waals surface area (Å²) in [5, 5.41) is 0. The van der Waals surface area contributed by atoms with E-state index in [0.29, 0.717) is 11.1 Å². The van der Waals surface area contributed by atoms with Gasteiger partial charge in [0.05, 0.1) is 29.5 Å². The summed E-state index contributed by atoms with van der Waals surface area (Å²) in [5.41, 5.74) is 1.05. The third kappa shape index (κ3) is 2.31. The highest BCUT2D eigenvalue weighted by molar-refractivity contribution is 6.21. The number of ether oxygens (including phenoxy) is 1. The number of fused-ring (bicyclic) bond motifs is 1. The van der Waals surface area contributed by atoms with E-state index >= 15 is 0 Å². The molecule has 0 N–H and O–H groups in total. The van der Waals surface area contributed by atoms with Crippen LogP contribution >= 0.6 is 0 Å². The average molecular weight is 285 g/mol. The molecule has 6 heteroatoms. The Morgan fingerprint density at radius 2 is 1.76 bits per heavy atom. The van der Waals surface area contributed by atoms with E-state index in [1.54, 1.807) is 24.3 Å². The molecular weight excluding hydrogens is 274 g/mol. The molecule has 106 valence electrons. The van der Waals surface area contributed by atoms with Gasteiger partial charge in [0.25, 0.3) is 11.8 Å². The fraction of sp³-hybridized carbons (Fsp3) is 0.133. The molecule has 0 radical (unpaired) electrons. The summed E-state index contributed by atoms with van der Waals surface area (Å²) in [6, 6.07) is 8.09. The number of carbonyl (C=O) groups excluding carboxylic acids is 3. The lowest BCUT2D eigenvalue weighted by molar-refractivity contribution is 0.0420. The predicted octanol–water partition coefficient (Wildman–Crippen LogP) is 1.73. The zero-order chi connectivity index (χ0) is 14.8. The first-order valence-electron chi connectivity index (χ1n) is 6.33. The number of amides is 2. The first-order chi connectivity index (χ1) is 10.2. The Kier molecular flexibility index (Phi) is 3.27. The molecule has 6 nitrogen and oxygen atoms in total. The zero-order valence-corrected chi connectivity index (χ0v) is 10.9. The van der Waals surface area contributed by atoms with E-state index in [9.17, 15) is 14.4 Å². The third-order valence-corrected chi connectivity index (χ3v) is 3.18. The van der Waals surface area contributed by atoms with Crippen molar-refractivity contribution >= 4 is 17.8 Å². The Hall–Kier alpha value is -2.89. The van der Waals surface area contributed by atoms with Gasteiger partial charge in [0.2, 0.25) is 0 Å². The van der Waals surface area contributed by atoms with Gasteiger partial charge in [-0.3, -0.25) is 14.5 Å². The molecule has 0 aliphatic carbocycles. The van der Waals surface area contributed by atoms with E-state index in [2.05, 4.69) is 0 Å². The molecule has 2 heterocycles. The lowest BCUT2D eigenvalue weighted by atomic mass is 10.1. The van der Waals surface area contributed by atoms with Crippen LogP contribution in [0.4, 0.5) is 0 Å². The second-order valence-corrected chi connectivity index (χ2v) is 4.46. The van der Waals surface area contributed by atoms with Gasteiger partial charge in [0.15, 0.2) is 0 Å². The van der Waals surface area contributed by atoms with Gasteiger partial charge in [-0.25, -0.2) is 4.79 Å². The molecule has 0 spiro atoms. The van der Waals surface area contributed by atoms with Crippen molar-refractivity contribution in [2.45, 2.75) is 0 Å². The fourth-order valence-electron chi connectivity index (χ4n) is 2.14. The summed E-state index contributed by atoms with van der Waals surface area (Å²) in [5.74, 6) is -1.29. The first-order valence-corrected chi connectivity index (χ1v) is 6.33. The quantitative estimate of drug-likeness (QED) is 0.631. The molecule has 21 heavy (non-hydrogen) atoms. The van der Waals surface area contributed by atoms with E-state index in [4.69, 9.17) is 9.15 Å². The van der Waals surface area contributed by atoms with Crippen LogP contribution in [0.5, 0.6) is 0 Å². The van der Waals surface area contributed by atoms with Crippen molar-refractivity contribution < 1.29 is 23.5 Å². The van der Waals surface area contributed by atoms with Gasteiger partial charge < -0.3 is 9.15 Å². The minimum atomic E-state index is -0.555. The predicted molar refractivity (Wildman–Crippen MR) is 70.8 cm³/mol. The molecule has 1 aliphatic heterocycles. The highest BCUT2D eigenvalue weighted by Gasteiger charge is 2.34. The Bertz CT molecular complexity index is 670. The number of esters is 1. The van der Waals surface area contributed by atoms with Gasteiger partial charge in [0.1, 0.15) is 12.9 Å². The Morgan fingerprint density at radius 1 is 1.10 bits per heavy atom. The summed E-state index contributed by atoms with van der Waals surface area (Å²) >= 11 is 0. The number of imide groups is 1. The van der Waals surface area contributed by atoms with Gasteiger partial charge in [-0.1, -0.05) is 12.1 Å². The molecule has 0 bridgehead atoms. The monoisotopic (exact) mass is 285 g/mol. The third-order valence-electron chi connectivity index (χ3n) is 3.18. The van der Waals surface area contributed by atoms with Crippen LogP contribution in [0.25, 0.3) is 0 Å². The Balaban J connectivity index is 1.61. The van der Waals surface area contributed by atoms with Crippen LogP contribution < -0.4 is 0 Å². The van der Waals surface area contributed by atoms with Crippen molar-refractivity contribution in [3.05, 3.63) is 59.5 Å². The molecule has 1 aliphatic rings. The fourth-order valence-corrected chi connectivity index (χ4v) is 2.14. The maximum atomic E-state index is 12.1. The van der Waals surface area contributed by atoms with E-state index in [-0.39, 0.29) is 30.5 Å². The SMILES string of the molecule is O=C(OCCN1C(=O)c2ccccc2C1=O)c1ccoc1. The van der Waals surface area contributed by atoms with Gasteiger partial charge in [-0.15, -0.1) is 0 Å². The average Bonchev–Trinajstić information content (AvgIpc) is 3.11. The molecule has 0 unspecified atom stereocenters. The Morgan fingerprint density at radius 3 is 2.33 bits per heavy atom. The van der Waals surface area contributed by atoms with Crippen LogP contribution in [0.1, 0.15) is 31.1 Å². The first kappa shape index (κ1) is 13.1. The van der Waals surface area contributed by atoms with Gasteiger partial charge in [-0.2, -0.15) is 0 Å². The van der Waals surface area contributed by atoms with Gasteiger partial charge >= 0.3 is 5.97 Å². The van der Waals surface area contributed by atoms with Gasteiger partial charge in [-0.05, 0) is 18.2 Å². The number of furan rings is 1. The number of carbonyl (C=O) groups is 3. The zero-order valence-electron chi connectivity index (χ0n) is 10.9. The molecule has 1 aromatic carbocycles. The summed E-state index contributed by atoms with van der Waals surface area (Å²) in [6.07, 6.45) is 2.63. The summed E-state index contributed by atoms with van der Waals surface area (Å²) in [6.45, 7) is -0.0363. The number of hydrogen-bond donors (Lipinski definition) is 0. The maximum Gasteiger partial charge on any atom is 0.341 e. The van der Waals surface area contributed by atoms with Crippen molar-refractivity contribution in [3.8, 4) is 0 Å². The minimum absolute atomic E-state index is 0.0237. The largest absolute Gasteiger partial charge is 0.472 e. The molecule has 0 fully saturated rings. The number of hydrogen-bond acceptors (Lipinski definition) is 5. The van der Waals surface area contributed by atoms with Crippen molar-refractivity contribution in [2.75, 3.05) is 13.2 Å². The summed E-state index contributed by atoms with van der Waals surface area (Å²) in [4.78, 5) is 36.8. The van der Waals surface area contributed by atoms with Crippen LogP contribution in [0.2, 0.25) is 0 Å². The van der Waals surface area contributed by atoms with Crippen LogP contribution in [-0.4, -0.2) is 35.8 Å². The molecule has 3 rings (SSSR count). The van der Waals surface area contributed by atoms with Crippen LogP contribution in [0.3, 0.4) is 0 Å². The smallest absolute Gasteiger partial charge is 0.341 e. The number of benzene rings is 1. The summed E-state index contributed by atoms with van der Waals surface area (Å²) in [7, 11) is 0. The minimum Gasteiger partial charge on any atom is -0.472 e. The number of nitrogens with zero attached hydrogens (tertiary/aromatic N) is 1. The van der Waals surface area contributed by atoms with Gasteiger partial charge in [0, 0.05) is 0 Å². The highest BCUT2D eigenvalue weighted by Crippen LogP contribution is 2.21. The maximum absolute atomic E-state index is 12.1. The summed E-state index contributed by atoms with van der Waals surface area (Å²) < 4.78 is 9.77. The van der Waals surface area contributed by atoms with Crippen molar-refractivity contribution in [1.29, 1.82) is 0 Å². The molecule has 0 saturated carbocycles. The Labute approximate surface area is 119 Å². The van der Waals surface area contributed by atoms with Crippen LogP contribution in [0.15, 0.2) is 47.3 Å². The topological polar surface area (TPSA) is 76.8 Å². The second kappa shape index (κ2) is 5.24. The molecule has 2 aromatic rings. The second-order valence-electron chi connectivity index (χ2n) is 4.46. The van der Waals surface area contributed by atoms with Crippen molar-refractivity contribution in [1.82, 2.24) is 4.90 Å². The van der Waals surface area contributed by atoms with E-state index in [1.165, 1.54) is 18.6 Å². The lowest BCUT2D eigenvalue weighted by Crippen LogP contribution is -2.33. The molecule has 0 saturated heterocycles. The molecule has 1 aromatic heterocycles. The van der Waals surface area contributed by atoms with Crippen molar-refractivity contribution in [3.63, 3.8) is 0 Å². The normalized spacial score (nSPS) is 13.4. The molecular formula is C15H11NO5. The molecule has 2 amide bonds. The van der Waals surface area contributed by atoms with Crippen LogP contribution in [-0.2, 0) is 4.74 Å². The standard InChI is InChI=1S/C15H11NO5/c17-13-11-3-1-2-4-12(11)14(18)16(13)6-8-21-15(19)10-5-7-20-9-10/h1-5,7,9H,6,8H2. The highest BCUT2D eigenvalue weighted by atomic mass is 16.5. The van der Waals surface area contributed by atoms with E-state index in [0.717, 1.165) is 4.90 Å². The number of rotatable bonds is 4. The van der Waals surface area contributed by atoms with Crippen molar-refractivity contribution in [2.24, 2.45) is 0 Å². The van der Waals surface area contributed by atoms with E-state index in [1.807, 2.05) is 0 Å². The van der Waals surface area contributed by atoms with E-state index < -0.39 is 5.97 Å². The molecule has 0 atom stereocenters.